The molecule has 0 saturated carbocycles. The molecule has 0 amide bonds. The molecular formula is C15H26N2OS. The van der Waals surface area contributed by atoms with Gasteiger partial charge in [0.2, 0.25) is 0 Å². The molecule has 0 aliphatic carbocycles. The molecule has 1 N–H and O–H groups in total. The normalized spacial score (nSPS) is 14.4. The highest BCUT2D eigenvalue weighted by Crippen LogP contribution is 2.24. The summed E-state index contributed by atoms with van der Waals surface area (Å²) in [6, 6.07) is 2.41. The lowest BCUT2D eigenvalue weighted by Crippen LogP contribution is -2.20. The van der Waals surface area contributed by atoms with Gasteiger partial charge in [0, 0.05) is 23.2 Å². The van der Waals surface area contributed by atoms with Crippen molar-refractivity contribution in [2.24, 2.45) is 0 Å². The van der Waals surface area contributed by atoms with Gasteiger partial charge in [-0.15, -0.1) is 0 Å². The van der Waals surface area contributed by atoms with Crippen LogP contribution in [0.15, 0.2) is 18.5 Å². The van der Waals surface area contributed by atoms with Gasteiger partial charge in [0.25, 0.3) is 0 Å². The number of hydrogen-bond acceptors (Lipinski definition) is 4. The molecule has 4 heteroatoms. The first-order valence-corrected chi connectivity index (χ1v) is 8.02. The second-order valence-corrected chi connectivity index (χ2v) is 6.49. The van der Waals surface area contributed by atoms with E-state index in [2.05, 4.69) is 30.2 Å². The van der Waals surface area contributed by atoms with E-state index in [1.54, 1.807) is 6.20 Å². The summed E-state index contributed by atoms with van der Waals surface area (Å²) in [4.78, 5) is 4.28. The maximum absolute atomic E-state index is 5.70. The lowest BCUT2D eigenvalue weighted by atomic mass is 10.1. The van der Waals surface area contributed by atoms with Gasteiger partial charge in [0.1, 0.15) is 5.75 Å². The molecule has 19 heavy (non-hydrogen) atoms. The summed E-state index contributed by atoms with van der Waals surface area (Å²) in [7, 11) is 2.00. The van der Waals surface area contributed by atoms with E-state index in [1.807, 2.05) is 38.9 Å². The smallest absolute Gasteiger partial charge is 0.138 e. The average Bonchev–Trinajstić information content (AvgIpc) is 2.38. The van der Waals surface area contributed by atoms with Gasteiger partial charge in [-0.2, -0.15) is 11.8 Å². The predicted molar refractivity (Wildman–Crippen MR) is 84.0 cm³/mol. The van der Waals surface area contributed by atoms with E-state index in [0.717, 1.165) is 11.5 Å². The quantitative estimate of drug-likeness (QED) is 0.789. The van der Waals surface area contributed by atoms with Crippen molar-refractivity contribution in [1.29, 1.82) is 0 Å². The number of nitrogens with one attached hydrogen (secondary N) is 1. The van der Waals surface area contributed by atoms with Gasteiger partial charge in [0.15, 0.2) is 0 Å². The fourth-order valence-electron chi connectivity index (χ4n) is 1.69. The fourth-order valence-corrected chi connectivity index (χ4v) is 2.80. The van der Waals surface area contributed by atoms with Crippen LogP contribution in [0.3, 0.4) is 0 Å². The SMILES string of the molecule is CCC(C)SCC(NC)c1cncc(OC(C)C)c1. The Morgan fingerprint density at radius 2 is 2.05 bits per heavy atom. The maximum Gasteiger partial charge on any atom is 0.138 e. The average molecular weight is 282 g/mol. The summed E-state index contributed by atoms with van der Waals surface area (Å²) >= 11 is 1.99. The Hall–Kier alpha value is -0.740. The third-order valence-corrected chi connectivity index (χ3v) is 4.41. The van der Waals surface area contributed by atoms with Crippen molar-refractivity contribution in [2.75, 3.05) is 12.8 Å². The summed E-state index contributed by atoms with van der Waals surface area (Å²) in [5.74, 6) is 1.90. The molecule has 1 rings (SSSR count). The van der Waals surface area contributed by atoms with Crippen LogP contribution in [-0.4, -0.2) is 29.1 Å². The number of ether oxygens (including phenoxy) is 1. The van der Waals surface area contributed by atoms with Crippen molar-refractivity contribution in [2.45, 2.75) is 51.5 Å². The van der Waals surface area contributed by atoms with Gasteiger partial charge in [-0.05, 0) is 38.9 Å². The van der Waals surface area contributed by atoms with Crippen molar-refractivity contribution in [1.82, 2.24) is 10.3 Å². The van der Waals surface area contributed by atoms with Crippen LogP contribution < -0.4 is 10.1 Å². The minimum absolute atomic E-state index is 0.180. The zero-order valence-corrected chi connectivity index (χ0v) is 13.5. The van der Waals surface area contributed by atoms with Crippen LogP contribution in [0.2, 0.25) is 0 Å². The molecule has 1 aromatic rings. The molecule has 0 aliphatic rings. The summed E-state index contributed by atoms with van der Waals surface area (Å²) in [5, 5.41) is 4.06. The van der Waals surface area contributed by atoms with Crippen molar-refractivity contribution in [3.05, 3.63) is 24.0 Å². The molecule has 0 saturated heterocycles. The Kier molecular flexibility index (Phi) is 7.24. The number of rotatable bonds is 8. The van der Waals surface area contributed by atoms with Crippen LogP contribution in [0, 0.1) is 0 Å². The molecule has 0 aromatic carbocycles. The largest absolute Gasteiger partial charge is 0.489 e. The summed E-state index contributed by atoms with van der Waals surface area (Å²) in [6.45, 7) is 8.56. The van der Waals surface area contributed by atoms with E-state index >= 15 is 0 Å². The molecule has 2 atom stereocenters. The molecule has 1 heterocycles. The summed E-state index contributed by atoms with van der Waals surface area (Å²) in [5.41, 5.74) is 1.19. The number of hydrogen-bond donors (Lipinski definition) is 1. The van der Waals surface area contributed by atoms with Crippen molar-refractivity contribution in [3.8, 4) is 5.75 Å². The first-order valence-electron chi connectivity index (χ1n) is 6.97. The van der Waals surface area contributed by atoms with Gasteiger partial charge in [0.05, 0.1) is 12.3 Å². The van der Waals surface area contributed by atoms with E-state index in [-0.39, 0.29) is 6.10 Å². The van der Waals surface area contributed by atoms with Crippen LogP contribution in [0.25, 0.3) is 0 Å². The molecule has 108 valence electrons. The highest BCUT2D eigenvalue weighted by Gasteiger charge is 2.12. The molecule has 0 fully saturated rings. The predicted octanol–water partition coefficient (Wildman–Crippen LogP) is 3.66. The van der Waals surface area contributed by atoms with Crippen LogP contribution in [0.5, 0.6) is 5.75 Å². The van der Waals surface area contributed by atoms with Crippen LogP contribution in [0.4, 0.5) is 0 Å². The van der Waals surface area contributed by atoms with E-state index < -0.39 is 0 Å². The van der Waals surface area contributed by atoms with E-state index in [1.165, 1.54) is 12.0 Å². The Morgan fingerprint density at radius 1 is 1.32 bits per heavy atom. The lowest BCUT2D eigenvalue weighted by Gasteiger charge is -2.19. The van der Waals surface area contributed by atoms with Gasteiger partial charge in [-0.1, -0.05) is 13.8 Å². The van der Waals surface area contributed by atoms with Gasteiger partial charge in [-0.3, -0.25) is 4.98 Å². The second kappa shape index (κ2) is 8.43. The van der Waals surface area contributed by atoms with E-state index in [0.29, 0.717) is 11.3 Å². The summed E-state index contributed by atoms with van der Waals surface area (Å²) < 4.78 is 5.70. The van der Waals surface area contributed by atoms with Gasteiger partial charge in [-0.25, -0.2) is 0 Å². The molecule has 1 aromatic heterocycles. The Balaban J connectivity index is 2.69. The zero-order chi connectivity index (χ0) is 14.3. The highest BCUT2D eigenvalue weighted by atomic mass is 32.2. The molecular weight excluding hydrogens is 256 g/mol. The fraction of sp³-hybridized carbons (Fsp3) is 0.667. The molecule has 0 radical (unpaired) electrons. The molecule has 0 aliphatic heterocycles. The number of aromatic nitrogens is 1. The minimum atomic E-state index is 0.180. The van der Waals surface area contributed by atoms with Crippen molar-refractivity contribution < 1.29 is 4.74 Å². The first-order chi connectivity index (χ1) is 9.06. The van der Waals surface area contributed by atoms with E-state index in [9.17, 15) is 0 Å². The zero-order valence-electron chi connectivity index (χ0n) is 12.6. The Morgan fingerprint density at radius 3 is 2.63 bits per heavy atom. The van der Waals surface area contributed by atoms with Crippen LogP contribution in [-0.2, 0) is 0 Å². The Labute approximate surface area is 121 Å². The van der Waals surface area contributed by atoms with E-state index in [4.69, 9.17) is 4.74 Å². The van der Waals surface area contributed by atoms with Crippen LogP contribution in [0.1, 0.15) is 45.7 Å². The second-order valence-electron chi connectivity index (χ2n) is 5.01. The van der Waals surface area contributed by atoms with Gasteiger partial charge >= 0.3 is 0 Å². The first kappa shape index (κ1) is 16.3. The number of nitrogens with zero attached hydrogens (tertiary/aromatic N) is 1. The number of thioether (sulfide) groups is 1. The van der Waals surface area contributed by atoms with Crippen molar-refractivity contribution >= 4 is 11.8 Å². The Bertz CT molecular complexity index is 371. The lowest BCUT2D eigenvalue weighted by molar-refractivity contribution is 0.241. The standard InChI is InChI=1S/C15H26N2OS/c1-6-12(4)19-10-15(16-5)13-7-14(9-17-8-13)18-11(2)3/h7-9,11-12,15-16H,6,10H2,1-5H3. The van der Waals surface area contributed by atoms with Crippen LogP contribution >= 0.6 is 11.8 Å². The molecule has 3 nitrogen and oxygen atoms in total. The summed E-state index contributed by atoms with van der Waals surface area (Å²) in [6.07, 6.45) is 5.08. The third kappa shape index (κ3) is 5.83. The minimum Gasteiger partial charge on any atom is -0.489 e. The third-order valence-electron chi connectivity index (χ3n) is 2.98. The van der Waals surface area contributed by atoms with Gasteiger partial charge < -0.3 is 10.1 Å². The molecule has 0 spiro atoms. The molecule has 0 bridgehead atoms. The number of pyridine rings is 1. The topological polar surface area (TPSA) is 34.2 Å². The maximum atomic E-state index is 5.70. The molecule has 2 unspecified atom stereocenters. The highest BCUT2D eigenvalue weighted by molar-refractivity contribution is 7.99. The van der Waals surface area contributed by atoms with Crippen molar-refractivity contribution in [3.63, 3.8) is 0 Å². The monoisotopic (exact) mass is 282 g/mol.